The minimum atomic E-state index is -4.82. The third-order valence-corrected chi connectivity index (χ3v) is 3.37. The Bertz CT molecular complexity index is 786. The van der Waals surface area contributed by atoms with Crippen LogP contribution in [0.2, 0.25) is 5.02 Å². The van der Waals surface area contributed by atoms with Gasteiger partial charge in [-0.25, -0.2) is 0 Å². The van der Waals surface area contributed by atoms with Crippen LogP contribution in [-0.4, -0.2) is 0 Å². The Labute approximate surface area is 131 Å². The number of nitrogens with zero attached hydrogens (tertiary/aromatic N) is 1. The Hall–Kier alpha value is -2.20. The summed E-state index contributed by atoms with van der Waals surface area (Å²) in [7, 11) is 0. The first-order valence-electron chi connectivity index (χ1n) is 5.95. The van der Waals surface area contributed by atoms with E-state index in [1.165, 1.54) is 6.07 Å². The monoisotopic (exact) mass is 348 g/mol. The Balaban J connectivity index is 2.68. The lowest BCUT2D eigenvalue weighted by atomic mass is 9.97. The van der Waals surface area contributed by atoms with Crippen molar-refractivity contribution < 1.29 is 26.3 Å². The summed E-state index contributed by atoms with van der Waals surface area (Å²) in [5.41, 5.74) is -3.60. The van der Waals surface area contributed by atoms with Crippen molar-refractivity contribution in [2.45, 2.75) is 12.4 Å². The molecule has 2 aromatic carbocycles. The zero-order chi connectivity index (χ0) is 17.4. The third kappa shape index (κ3) is 3.42. The number of alkyl halides is 6. The highest BCUT2D eigenvalue weighted by atomic mass is 35.5. The summed E-state index contributed by atoms with van der Waals surface area (Å²) in [6.07, 6.45) is -9.57. The zero-order valence-electron chi connectivity index (χ0n) is 11.0. The molecule has 0 aromatic heterocycles. The van der Waals surface area contributed by atoms with Crippen LogP contribution in [0.25, 0.3) is 11.1 Å². The van der Waals surface area contributed by atoms with E-state index in [9.17, 15) is 26.3 Å². The van der Waals surface area contributed by atoms with Crippen molar-refractivity contribution in [3.63, 3.8) is 0 Å². The third-order valence-electron chi connectivity index (χ3n) is 2.97. The van der Waals surface area contributed by atoms with Crippen LogP contribution in [0.4, 0.5) is 26.3 Å². The maximum Gasteiger partial charge on any atom is 0.417 e. The van der Waals surface area contributed by atoms with Gasteiger partial charge in [0.05, 0.1) is 27.8 Å². The molecule has 0 saturated heterocycles. The maximum absolute atomic E-state index is 12.9. The standard InChI is InChI=1S/C15H5ClF6N/c16-13-10(2-1-3-11(13)14(17,18)19)8-4-5-9(7-23)12(6-8)15(20,21)22/h1,3-6H. The van der Waals surface area contributed by atoms with Gasteiger partial charge in [0.15, 0.2) is 0 Å². The number of rotatable bonds is 1. The van der Waals surface area contributed by atoms with E-state index in [0.29, 0.717) is 12.1 Å². The molecule has 0 saturated carbocycles. The summed E-state index contributed by atoms with van der Waals surface area (Å²) < 4.78 is 77.2. The van der Waals surface area contributed by atoms with Crippen LogP contribution in [0.15, 0.2) is 30.3 Å². The van der Waals surface area contributed by atoms with E-state index in [1.807, 2.05) is 0 Å². The first kappa shape index (κ1) is 17.2. The molecule has 0 unspecified atom stereocenters. The molecule has 2 aromatic rings. The average molecular weight is 349 g/mol. The number of benzene rings is 2. The molecule has 0 atom stereocenters. The Morgan fingerprint density at radius 2 is 1.57 bits per heavy atom. The van der Waals surface area contributed by atoms with Crippen molar-refractivity contribution in [2.24, 2.45) is 0 Å². The van der Waals surface area contributed by atoms with E-state index in [4.69, 9.17) is 16.9 Å². The molecule has 0 heterocycles. The number of nitriles is 1. The van der Waals surface area contributed by atoms with E-state index < -0.39 is 34.1 Å². The number of hydrogen-bond donors (Lipinski definition) is 0. The molecule has 0 aliphatic rings. The fourth-order valence-corrected chi connectivity index (χ4v) is 2.27. The van der Waals surface area contributed by atoms with Crippen LogP contribution in [0, 0.1) is 17.4 Å². The van der Waals surface area contributed by atoms with Gasteiger partial charge in [-0.15, -0.1) is 0 Å². The molecule has 1 nitrogen and oxygen atoms in total. The van der Waals surface area contributed by atoms with Gasteiger partial charge in [-0.2, -0.15) is 31.6 Å². The number of hydrogen-bond acceptors (Lipinski definition) is 1. The topological polar surface area (TPSA) is 23.8 Å². The Morgan fingerprint density at radius 1 is 0.957 bits per heavy atom. The molecular weight excluding hydrogens is 344 g/mol. The molecule has 0 aliphatic heterocycles. The van der Waals surface area contributed by atoms with E-state index in [0.717, 1.165) is 18.2 Å². The highest BCUT2D eigenvalue weighted by Gasteiger charge is 2.36. The van der Waals surface area contributed by atoms with Crippen LogP contribution in [0.3, 0.4) is 0 Å². The molecule has 1 radical (unpaired) electrons. The maximum atomic E-state index is 12.9. The molecule has 0 bridgehead atoms. The molecule has 0 N–H and O–H groups in total. The van der Waals surface area contributed by atoms with Crippen LogP contribution in [-0.2, 0) is 12.4 Å². The highest BCUT2D eigenvalue weighted by Crippen LogP contribution is 2.41. The van der Waals surface area contributed by atoms with Gasteiger partial charge in [0.25, 0.3) is 0 Å². The van der Waals surface area contributed by atoms with E-state index in [1.54, 1.807) is 0 Å². The average Bonchev–Trinajstić information content (AvgIpc) is 2.44. The molecular formula is C15H5ClF6N. The first-order valence-corrected chi connectivity index (χ1v) is 6.32. The SMILES string of the molecule is N#Cc1ccc(-c2[c]ccc(C(F)(F)F)c2Cl)cc1C(F)(F)F. The molecule has 0 amide bonds. The lowest BCUT2D eigenvalue weighted by Gasteiger charge is -2.14. The van der Waals surface area contributed by atoms with Gasteiger partial charge in [-0.05, 0) is 29.8 Å². The minimum absolute atomic E-state index is 0.215. The largest absolute Gasteiger partial charge is 0.417 e. The van der Waals surface area contributed by atoms with Crippen molar-refractivity contribution >= 4 is 11.6 Å². The van der Waals surface area contributed by atoms with Gasteiger partial charge < -0.3 is 0 Å². The second-order valence-electron chi connectivity index (χ2n) is 4.45. The van der Waals surface area contributed by atoms with Crippen molar-refractivity contribution in [1.82, 2.24) is 0 Å². The predicted molar refractivity (Wildman–Crippen MR) is 70.4 cm³/mol. The van der Waals surface area contributed by atoms with Gasteiger partial charge >= 0.3 is 12.4 Å². The molecule has 8 heteroatoms. The lowest BCUT2D eigenvalue weighted by molar-refractivity contribution is -0.138. The fourth-order valence-electron chi connectivity index (χ4n) is 1.94. The van der Waals surface area contributed by atoms with Gasteiger partial charge in [0.1, 0.15) is 0 Å². The van der Waals surface area contributed by atoms with Crippen molar-refractivity contribution in [1.29, 1.82) is 5.26 Å². The van der Waals surface area contributed by atoms with E-state index in [-0.39, 0.29) is 11.1 Å². The Morgan fingerprint density at radius 3 is 2.09 bits per heavy atom. The second kappa shape index (κ2) is 5.78. The summed E-state index contributed by atoms with van der Waals surface area (Å²) in [4.78, 5) is 0. The summed E-state index contributed by atoms with van der Waals surface area (Å²) in [6, 6.07) is 7.94. The highest BCUT2D eigenvalue weighted by molar-refractivity contribution is 6.34. The minimum Gasteiger partial charge on any atom is -0.192 e. The molecule has 0 fully saturated rings. The molecule has 119 valence electrons. The van der Waals surface area contributed by atoms with Gasteiger partial charge in [0.2, 0.25) is 0 Å². The fraction of sp³-hybridized carbons (Fsp3) is 0.133. The smallest absolute Gasteiger partial charge is 0.192 e. The van der Waals surface area contributed by atoms with Gasteiger partial charge in [-0.1, -0.05) is 23.7 Å². The van der Waals surface area contributed by atoms with Crippen LogP contribution < -0.4 is 0 Å². The molecule has 23 heavy (non-hydrogen) atoms. The summed E-state index contributed by atoms with van der Waals surface area (Å²) in [6.45, 7) is 0. The molecule has 2 rings (SSSR count). The Kier molecular flexibility index (Phi) is 4.31. The van der Waals surface area contributed by atoms with Crippen molar-refractivity contribution in [2.75, 3.05) is 0 Å². The van der Waals surface area contributed by atoms with E-state index >= 15 is 0 Å². The van der Waals surface area contributed by atoms with Crippen molar-refractivity contribution in [3.05, 3.63) is 58.1 Å². The zero-order valence-corrected chi connectivity index (χ0v) is 11.7. The van der Waals surface area contributed by atoms with Gasteiger partial charge in [-0.3, -0.25) is 0 Å². The van der Waals surface area contributed by atoms with Crippen molar-refractivity contribution in [3.8, 4) is 17.2 Å². The predicted octanol–water partition coefficient (Wildman–Crippen LogP) is 5.72. The summed E-state index contributed by atoms with van der Waals surface area (Å²) >= 11 is 5.67. The summed E-state index contributed by atoms with van der Waals surface area (Å²) in [5, 5.41) is 7.96. The summed E-state index contributed by atoms with van der Waals surface area (Å²) in [5.74, 6) is 0. The second-order valence-corrected chi connectivity index (χ2v) is 4.83. The van der Waals surface area contributed by atoms with Crippen LogP contribution >= 0.6 is 11.6 Å². The van der Waals surface area contributed by atoms with E-state index in [2.05, 4.69) is 6.07 Å². The quantitative estimate of drug-likeness (QED) is 0.605. The van der Waals surface area contributed by atoms with Crippen LogP contribution in [0.5, 0.6) is 0 Å². The lowest BCUT2D eigenvalue weighted by Crippen LogP contribution is -2.09. The van der Waals surface area contributed by atoms with Crippen LogP contribution in [0.1, 0.15) is 16.7 Å². The number of halogens is 7. The van der Waals surface area contributed by atoms with Gasteiger partial charge in [0, 0.05) is 5.56 Å². The first-order chi connectivity index (χ1) is 10.6. The molecule has 0 aliphatic carbocycles. The molecule has 0 spiro atoms. The normalized spacial score (nSPS) is 12.1.